The van der Waals surface area contributed by atoms with Crippen LogP contribution in [0.3, 0.4) is 0 Å². The number of aliphatic hydroxyl groups is 1. The van der Waals surface area contributed by atoms with E-state index in [1.165, 1.54) is 17.3 Å². The predicted octanol–water partition coefficient (Wildman–Crippen LogP) is 4.10. The van der Waals surface area contributed by atoms with E-state index in [-0.39, 0.29) is 0 Å². The molecule has 0 aliphatic rings. The molecule has 0 bridgehead atoms. The Bertz CT molecular complexity index is 813. The fourth-order valence-electron chi connectivity index (χ4n) is 2.67. The van der Waals surface area contributed by atoms with Crippen LogP contribution >= 0.6 is 22.9 Å². The molecular weight excluding hydrogens is 346 g/mol. The van der Waals surface area contributed by atoms with E-state index in [4.69, 9.17) is 16.3 Å². The minimum Gasteiger partial charge on any atom is -0.465 e. The van der Waals surface area contributed by atoms with Gasteiger partial charge in [0.1, 0.15) is 24.0 Å². The molecule has 2 aromatic heterocycles. The van der Waals surface area contributed by atoms with Gasteiger partial charge in [-0.3, -0.25) is 0 Å². The summed E-state index contributed by atoms with van der Waals surface area (Å²) in [6.07, 6.45) is 2.18. The fourth-order valence-corrected chi connectivity index (χ4v) is 3.83. The fraction of sp³-hybridized carbons (Fsp3) is 0.294. The van der Waals surface area contributed by atoms with Crippen LogP contribution in [0.5, 0.6) is 5.75 Å². The summed E-state index contributed by atoms with van der Waals surface area (Å²) in [6.45, 7) is 5.73. The molecule has 0 spiro atoms. The molecule has 1 aromatic carbocycles. The van der Waals surface area contributed by atoms with Crippen molar-refractivity contribution in [1.29, 1.82) is 0 Å². The molecule has 0 aliphatic heterocycles. The third-order valence-electron chi connectivity index (χ3n) is 3.81. The highest BCUT2D eigenvalue weighted by atomic mass is 35.5. The zero-order chi connectivity index (χ0) is 17.3. The van der Waals surface area contributed by atoms with Crippen molar-refractivity contribution in [2.75, 3.05) is 0 Å². The van der Waals surface area contributed by atoms with Gasteiger partial charge in [-0.15, -0.1) is 11.3 Å². The Morgan fingerprint density at radius 1 is 1.29 bits per heavy atom. The second kappa shape index (κ2) is 6.55. The van der Waals surface area contributed by atoms with Gasteiger partial charge < -0.3 is 9.84 Å². The summed E-state index contributed by atoms with van der Waals surface area (Å²) >= 11 is 7.57. The number of aryl methyl sites for hydroxylation is 2. The molecule has 2 unspecified atom stereocenters. The summed E-state index contributed by atoms with van der Waals surface area (Å²) in [4.78, 5) is 6.15. The van der Waals surface area contributed by atoms with Crippen LogP contribution in [0.15, 0.2) is 43.0 Å². The summed E-state index contributed by atoms with van der Waals surface area (Å²) < 4.78 is 7.57. The molecule has 0 amide bonds. The van der Waals surface area contributed by atoms with Crippen LogP contribution in [0.2, 0.25) is 5.02 Å². The molecule has 7 heteroatoms. The van der Waals surface area contributed by atoms with Crippen molar-refractivity contribution in [2.24, 2.45) is 0 Å². The molecular formula is C17H18ClN3O2S. The molecule has 126 valence electrons. The number of hydrogen-bond donors (Lipinski definition) is 1. The number of thiophene rings is 1. The van der Waals surface area contributed by atoms with Gasteiger partial charge >= 0.3 is 0 Å². The van der Waals surface area contributed by atoms with E-state index in [0.29, 0.717) is 10.8 Å². The van der Waals surface area contributed by atoms with Gasteiger partial charge in [0.25, 0.3) is 0 Å². The number of rotatable bonds is 5. The maximum Gasteiger partial charge on any atom is 0.225 e. The van der Waals surface area contributed by atoms with Crippen LogP contribution in [0, 0.1) is 13.8 Å². The van der Waals surface area contributed by atoms with E-state index < -0.39 is 11.8 Å². The molecule has 5 nitrogen and oxygen atoms in total. The van der Waals surface area contributed by atoms with Crippen LogP contribution < -0.4 is 4.74 Å². The predicted molar refractivity (Wildman–Crippen MR) is 94.5 cm³/mol. The first-order valence-electron chi connectivity index (χ1n) is 7.44. The van der Waals surface area contributed by atoms with Gasteiger partial charge in [0.05, 0.1) is 0 Å². The summed E-state index contributed by atoms with van der Waals surface area (Å²) in [6, 6.07) is 8.98. The number of halogens is 1. The van der Waals surface area contributed by atoms with Crippen molar-refractivity contribution in [2.45, 2.75) is 32.6 Å². The summed E-state index contributed by atoms with van der Waals surface area (Å²) in [7, 11) is 0. The van der Waals surface area contributed by atoms with Gasteiger partial charge in [-0.05, 0) is 51.1 Å². The largest absolute Gasteiger partial charge is 0.465 e. The van der Waals surface area contributed by atoms with E-state index in [1.54, 1.807) is 42.5 Å². The number of nitrogens with zero attached hydrogens (tertiary/aromatic N) is 3. The number of benzene rings is 1. The van der Waals surface area contributed by atoms with Crippen LogP contribution in [0.1, 0.15) is 28.5 Å². The highest BCUT2D eigenvalue weighted by molar-refractivity contribution is 7.12. The molecule has 3 aromatic rings. The van der Waals surface area contributed by atoms with Gasteiger partial charge in [0.15, 0.2) is 0 Å². The number of ether oxygens (including phenoxy) is 1. The Balaban J connectivity index is 2.01. The molecule has 1 N–H and O–H groups in total. The van der Waals surface area contributed by atoms with Gasteiger partial charge in [-0.2, -0.15) is 5.10 Å². The minimum atomic E-state index is -1.29. The summed E-state index contributed by atoms with van der Waals surface area (Å²) in [5, 5.41) is 16.1. The Hall–Kier alpha value is -1.89. The zero-order valence-electron chi connectivity index (χ0n) is 13.6. The SMILES string of the molecule is Cc1cc(C(C)(O)C(Oc2ccc(Cl)cc2)n2cncn2)c(C)s1. The van der Waals surface area contributed by atoms with Crippen LogP contribution in [0.25, 0.3) is 0 Å². The second-order valence-corrected chi connectivity index (χ2v) is 7.67. The van der Waals surface area contributed by atoms with E-state index in [2.05, 4.69) is 10.1 Å². The van der Waals surface area contributed by atoms with Crippen molar-refractivity contribution < 1.29 is 9.84 Å². The van der Waals surface area contributed by atoms with E-state index in [9.17, 15) is 5.11 Å². The van der Waals surface area contributed by atoms with Crippen molar-refractivity contribution in [3.63, 3.8) is 0 Å². The molecule has 3 rings (SSSR count). The molecule has 0 radical (unpaired) electrons. The zero-order valence-corrected chi connectivity index (χ0v) is 15.2. The Morgan fingerprint density at radius 3 is 2.54 bits per heavy atom. The average molecular weight is 364 g/mol. The van der Waals surface area contributed by atoms with Crippen molar-refractivity contribution >= 4 is 22.9 Å². The van der Waals surface area contributed by atoms with Crippen LogP contribution in [-0.2, 0) is 5.60 Å². The van der Waals surface area contributed by atoms with Crippen LogP contribution in [0.4, 0.5) is 0 Å². The van der Waals surface area contributed by atoms with E-state index in [0.717, 1.165) is 15.3 Å². The van der Waals surface area contributed by atoms with E-state index >= 15 is 0 Å². The smallest absolute Gasteiger partial charge is 0.225 e. The lowest BCUT2D eigenvalue weighted by atomic mass is 9.94. The van der Waals surface area contributed by atoms with Crippen molar-refractivity contribution in [3.05, 3.63) is 63.3 Å². The molecule has 24 heavy (non-hydrogen) atoms. The number of hydrogen-bond acceptors (Lipinski definition) is 5. The molecule has 0 saturated heterocycles. The van der Waals surface area contributed by atoms with Gasteiger partial charge in [0, 0.05) is 20.3 Å². The molecule has 0 aliphatic carbocycles. The lowest BCUT2D eigenvalue weighted by molar-refractivity contribution is -0.0979. The quantitative estimate of drug-likeness (QED) is 0.741. The Morgan fingerprint density at radius 2 is 2.00 bits per heavy atom. The summed E-state index contributed by atoms with van der Waals surface area (Å²) in [5.41, 5.74) is -0.471. The molecule has 2 heterocycles. The minimum absolute atomic E-state index is 0.588. The van der Waals surface area contributed by atoms with Crippen molar-refractivity contribution in [1.82, 2.24) is 14.8 Å². The Kier molecular flexibility index (Phi) is 4.62. The van der Waals surface area contributed by atoms with Crippen molar-refractivity contribution in [3.8, 4) is 5.75 Å². The topological polar surface area (TPSA) is 60.2 Å². The standard InChI is InChI=1S/C17H18ClN3O2S/c1-11-8-15(12(2)24-11)17(3,22)16(21-10-19-9-20-21)23-14-6-4-13(18)5-7-14/h4-10,16,22H,1-3H3. The molecule has 0 saturated carbocycles. The number of aromatic nitrogens is 3. The lowest BCUT2D eigenvalue weighted by Crippen LogP contribution is -2.38. The van der Waals surface area contributed by atoms with Gasteiger partial charge in [0.2, 0.25) is 6.23 Å². The molecule has 0 fully saturated rings. The third-order valence-corrected chi connectivity index (χ3v) is 5.02. The first kappa shape index (κ1) is 17.0. The van der Waals surface area contributed by atoms with E-state index in [1.807, 2.05) is 19.9 Å². The third kappa shape index (κ3) is 3.31. The van der Waals surface area contributed by atoms with Crippen LogP contribution in [-0.4, -0.2) is 19.9 Å². The first-order valence-corrected chi connectivity index (χ1v) is 8.63. The highest BCUT2D eigenvalue weighted by Gasteiger charge is 2.40. The lowest BCUT2D eigenvalue weighted by Gasteiger charge is -2.33. The average Bonchev–Trinajstić information content (AvgIpc) is 3.16. The maximum atomic E-state index is 11.3. The first-order chi connectivity index (χ1) is 11.4. The monoisotopic (exact) mass is 363 g/mol. The maximum absolute atomic E-state index is 11.3. The van der Waals surface area contributed by atoms with Gasteiger partial charge in [-0.1, -0.05) is 11.6 Å². The normalized spacial score (nSPS) is 15.0. The highest BCUT2D eigenvalue weighted by Crippen LogP contribution is 2.39. The molecule has 2 atom stereocenters. The summed E-state index contributed by atoms with van der Waals surface area (Å²) in [5.74, 6) is 0.588. The Labute approximate surface area is 149 Å². The second-order valence-electron chi connectivity index (χ2n) is 5.77. The van der Waals surface area contributed by atoms with Gasteiger partial charge in [-0.25, -0.2) is 9.67 Å².